The maximum atomic E-state index is 10.1. The first-order valence-corrected chi connectivity index (χ1v) is 14.4. The van der Waals surface area contributed by atoms with Crippen molar-refractivity contribution in [3.8, 4) is 23.7 Å². The third-order valence-corrected chi connectivity index (χ3v) is 7.04. The molecule has 0 saturated carbocycles. The molecule has 194 valence electrons. The Balaban J connectivity index is 1.55. The van der Waals surface area contributed by atoms with Gasteiger partial charge in [0.1, 0.15) is 0 Å². The van der Waals surface area contributed by atoms with Crippen LogP contribution in [0.1, 0.15) is 103 Å². The van der Waals surface area contributed by atoms with Crippen molar-refractivity contribution in [2.24, 2.45) is 4.99 Å². The summed E-state index contributed by atoms with van der Waals surface area (Å²) in [6.45, 7) is 2.83. The van der Waals surface area contributed by atoms with E-state index in [1.54, 1.807) is 6.08 Å². The van der Waals surface area contributed by atoms with E-state index in [1.165, 1.54) is 86.0 Å². The predicted octanol–water partition coefficient (Wildman–Crippen LogP) is 9.16. The fourth-order valence-electron chi connectivity index (χ4n) is 5.03. The molecule has 0 amide bonds. The van der Waals surface area contributed by atoms with Gasteiger partial charge in [-0.1, -0.05) is 119 Å². The van der Waals surface area contributed by atoms with Crippen molar-refractivity contribution in [3.05, 3.63) is 48.5 Å². The molecule has 0 aliphatic heterocycles. The number of unbranched alkanes of at least 4 members (excludes halogenated alkanes) is 11. The SMILES string of the molecule is CCCCC#CC#CC(CCCCCCCCCCCCN=C=O)n1c2ccccc2c2ccccc21. The van der Waals surface area contributed by atoms with Gasteiger partial charge >= 0.3 is 0 Å². The second kappa shape index (κ2) is 17.2. The molecular formula is C34H42N2O. The largest absolute Gasteiger partial charge is 0.326 e. The van der Waals surface area contributed by atoms with Gasteiger partial charge < -0.3 is 4.57 Å². The quantitative estimate of drug-likeness (QED) is 0.0846. The molecule has 3 aromatic rings. The Bertz CT molecular complexity index is 1200. The molecule has 0 saturated heterocycles. The lowest BCUT2D eigenvalue weighted by molar-refractivity contribution is 0.517. The third-order valence-electron chi connectivity index (χ3n) is 7.04. The number of hydrogen-bond donors (Lipinski definition) is 0. The van der Waals surface area contributed by atoms with Gasteiger partial charge in [0.05, 0.1) is 23.6 Å². The molecule has 0 radical (unpaired) electrons. The van der Waals surface area contributed by atoms with Crippen molar-refractivity contribution in [1.29, 1.82) is 0 Å². The summed E-state index contributed by atoms with van der Waals surface area (Å²) in [4.78, 5) is 13.7. The zero-order valence-corrected chi connectivity index (χ0v) is 22.6. The van der Waals surface area contributed by atoms with Crippen molar-refractivity contribution < 1.29 is 4.79 Å². The third kappa shape index (κ3) is 9.28. The van der Waals surface area contributed by atoms with Crippen molar-refractivity contribution in [2.45, 2.75) is 103 Å². The van der Waals surface area contributed by atoms with Crippen molar-refractivity contribution in [1.82, 2.24) is 4.57 Å². The van der Waals surface area contributed by atoms with E-state index < -0.39 is 0 Å². The van der Waals surface area contributed by atoms with Crippen molar-refractivity contribution in [3.63, 3.8) is 0 Å². The van der Waals surface area contributed by atoms with Crippen LogP contribution in [0, 0.1) is 23.7 Å². The highest BCUT2D eigenvalue weighted by Crippen LogP contribution is 2.33. The smallest absolute Gasteiger partial charge is 0.234 e. The van der Waals surface area contributed by atoms with E-state index in [0.29, 0.717) is 6.54 Å². The lowest BCUT2D eigenvalue weighted by atomic mass is 10.0. The Kier molecular flexibility index (Phi) is 13.2. The van der Waals surface area contributed by atoms with Gasteiger partial charge in [-0.05, 0) is 43.2 Å². The first-order chi connectivity index (χ1) is 18.4. The van der Waals surface area contributed by atoms with Crippen LogP contribution >= 0.6 is 0 Å². The second-order valence-corrected chi connectivity index (χ2v) is 9.89. The van der Waals surface area contributed by atoms with E-state index in [-0.39, 0.29) is 6.04 Å². The van der Waals surface area contributed by atoms with E-state index >= 15 is 0 Å². The average Bonchev–Trinajstić information content (AvgIpc) is 3.26. The number of aromatic nitrogens is 1. The summed E-state index contributed by atoms with van der Waals surface area (Å²) in [6, 6.07) is 17.6. The van der Waals surface area contributed by atoms with Crippen LogP contribution < -0.4 is 0 Å². The van der Waals surface area contributed by atoms with E-state index in [4.69, 9.17) is 0 Å². The van der Waals surface area contributed by atoms with Crippen molar-refractivity contribution >= 4 is 27.9 Å². The molecule has 3 heteroatoms. The number of rotatable bonds is 16. The molecule has 0 aliphatic rings. The number of nitrogens with zero attached hydrogens (tertiary/aromatic N) is 2. The number of benzene rings is 2. The minimum Gasteiger partial charge on any atom is -0.326 e. The van der Waals surface area contributed by atoms with Gasteiger partial charge in [-0.3, -0.25) is 0 Å². The predicted molar refractivity (Wildman–Crippen MR) is 157 cm³/mol. The van der Waals surface area contributed by atoms with Crippen molar-refractivity contribution in [2.75, 3.05) is 6.54 Å². The lowest BCUT2D eigenvalue weighted by Crippen LogP contribution is -2.07. The number of aliphatic imine (C=N–C) groups is 1. The summed E-state index contributed by atoms with van der Waals surface area (Å²) >= 11 is 0. The fraction of sp³-hybridized carbons (Fsp3) is 0.500. The monoisotopic (exact) mass is 494 g/mol. The van der Waals surface area contributed by atoms with E-state index in [9.17, 15) is 4.79 Å². The topological polar surface area (TPSA) is 34.4 Å². The Morgan fingerprint density at radius 1 is 0.730 bits per heavy atom. The molecule has 0 N–H and O–H groups in total. The Morgan fingerprint density at radius 3 is 1.89 bits per heavy atom. The summed E-state index contributed by atoms with van der Waals surface area (Å²) in [5, 5.41) is 2.60. The zero-order chi connectivity index (χ0) is 26.0. The maximum absolute atomic E-state index is 10.1. The molecule has 3 rings (SSSR count). The molecule has 3 nitrogen and oxygen atoms in total. The summed E-state index contributed by atoms with van der Waals surface area (Å²) in [5.74, 6) is 13.1. The molecule has 2 aromatic carbocycles. The molecule has 0 fully saturated rings. The Hall–Kier alpha value is -3.26. The first kappa shape index (κ1) is 28.3. The van der Waals surface area contributed by atoms with Gasteiger partial charge in [-0.15, -0.1) is 0 Å². The highest BCUT2D eigenvalue weighted by atomic mass is 16.1. The number of para-hydroxylation sites is 2. The summed E-state index contributed by atoms with van der Waals surface area (Å²) < 4.78 is 2.45. The number of fused-ring (bicyclic) bond motifs is 3. The van der Waals surface area contributed by atoms with Gasteiger partial charge in [-0.25, -0.2) is 9.79 Å². The molecular weight excluding hydrogens is 452 g/mol. The molecule has 0 bridgehead atoms. The normalized spacial score (nSPS) is 11.4. The minimum atomic E-state index is 0.133. The van der Waals surface area contributed by atoms with Crippen LogP contribution in [0.5, 0.6) is 0 Å². The number of hydrogen-bond acceptors (Lipinski definition) is 2. The fourth-order valence-corrected chi connectivity index (χ4v) is 5.03. The summed E-state index contributed by atoms with van der Waals surface area (Å²) in [5.41, 5.74) is 2.53. The van der Waals surface area contributed by atoms with Crippen LogP contribution in [0.4, 0.5) is 0 Å². The molecule has 1 aromatic heterocycles. The van der Waals surface area contributed by atoms with Crippen LogP contribution in [0.2, 0.25) is 0 Å². The van der Waals surface area contributed by atoms with Crippen LogP contribution in [0.15, 0.2) is 53.5 Å². The number of isocyanates is 1. The van der Waals surface area contributed by atoms with Gasteiger partial charge in [0, 0.05) is 17.2 Å². The first-order valence-electron chi connectivity index (χ1n) is 14.4. The maximum Gasteiger partial charge on any atom is 0.234 e. The van der Waals surface area contributed by atoms with E-state index in [0.717, 1.165) is 25.7 Å². The molecule has 37 heavy (non-hydrogen) atoms. The molecule has 1 unspecified atom stereocenters. The number of carbonyl (C=O) groups excluding carboxylic acids is 1. The van der Waals surface area contributed by atoms with Gasteiger partial charge in [-0.2, -0.15) is 0 Å². The standard InChI is InChI=1S/C34H42N2O/c1-2-3-4-5-12-15-22-30(23-16-13-10-8-6-7-9-11-14-21-28-35-29-37)36-33-26-19-17-24-31(33)32-25-18-20-27-34(32)36/h17-20,24-27,30H,2-4,6-11,13-14,16,21,23,28H2,1H3. The molecule has 0 spiro atoms. The summed E-state index contributed by atoms with van der Waals surface area (Å²) in [7, 11) is 0. The zero-order valence-electron chi connectivity index (χ0n) is 22.6. The molecule has 1 heterocycles. The van der Waals surface area contributed by atoms with Crippen LogP contribution in [-0.2, 0) is 4.79 Å². The molecule has 1 atom stereocenters. The van der Waals surface area contributed by atoms with Crippen LogP contribution in [0.25, 0.3) is 21.8 Å². The average molecular weight is 495 g/mol. The highest BCUT2D eigenvalue weighted by molar-refractivity contribution is 6.08. The van der Waals surface area contributed by atoms with Gasteiger partial charge in [0.2, 0.25) is 6.08 Å². The van der Waals surface area contributed by atoms with Gasteiger partial charge in [0.15, 0.2) is 0 Å². The Morgan fingerprint density at radius 2 is 1.30 bits per heavy atom. The lowest BCUT2D eigenvalue weighted by Gasteiger charge is -2.16. The van der Waals surface area contributed by atoms with Crippen LogP contribution in [-0.4, -0.2) is 17.2 Å². The summed E-state index contributed by atoms with van der Waals surface area (Å²) in [6.07, 6.45) is 18.3. The van der Waals surface area contributed by atoms with E-state index in [2.05, 4.69) is 88.7 Å². The van der Waals surface area contributed by atoms with Crippen LogP contribution in [0.3, 0.4) is 0 Å². The second-order valence-electron chi connectivity index (χ2n) is 9.89. The minimum absolute atomic E-state index is 0.133. The molecule has 0 aliphatic carbocycles. The highest BCUT2D eigenvalue weighted by Gasteiger charge is 2.16. The van der Waals surface area contributed by atoms with Gasteiger partial charge in [0.25, 0.3) is 0 Å². The van der Waals surface area contributed by atoms with E-state index in [1.807, 2.05) is 0 Å². The Labute approximate surface area is 223 Å².